The number of nitrogens with zero attached hydrogens (tertiary/aromatic N) is 3. The summed E-state index contributed by atoms with van der Waals surface area (Å²) >= 11 is 7.22. The summed E-state index contributed by atoms with van der Waals surface area (Å²) in [5.74, 6) is 0.732. The van der Waals surface area contributed by atoms with Crippen molar-refractivity contribution in [3.05, 3.63) is 35.6 Å². The van der Waals surface area contributed by atoms with Crippen LogP contribution in [0.4, 0.5) is 0 Å². The summed E-state index contributed by atoms with van der Waals surface area (Å²) < 4.78 is 0. The molecule has 2 heterocycles. The largest absolute Gasteiger partial charge is 0.340 e. The van der Waals surface area contributed by atoms with Crippen LogP contribution >= 0.6 is 23.4 Å². The summed E-state index contributed by atoms with van der Waals surface area (Å²) in [6.07, 6.45) is 5.15. The molecule has 2 aromatic rings. The molecule has 0 unspecified atom stereocenters. The zero-order valence-corrected chi connectivity index (χ0v) is 8.72. The van der Waals surface area contributed by atoms with Crippen LogP contribution < -0.4 is 0 Å². The van der Waals surface area contributed by atoms with Gasteiger partial charge in [-0.15, -0.1) is 0 Å². The van der Waals surface area contributed by atoms with Crippen LogP contribution in [0.1, 0.15) is 5.69 Å². The third kappa shape index (κ3) is 2.46. The van der Waals surface area contributed by atoms with Gasteiger partial charge in [0.25, 0.3) is 0 Å². The second kappa shape index (κ2) is 4.43. The fourth-order valence-electron chi connectivity index (χ4n) is 0.922. The second-order valence-electron chi connectivity index (χ2n) is 2.50. The van der Waals surface area contributed by atoms with Crippen LogP contribution in [0, 0.1) is 0 Å². The van der Waals surface area contributed by atoms with Gasteiger partial charge in [0.15, 0.2) is 5.16 Å². The smallest absolute Gasteiger partial charge is 0.222 e. The summed E-state index contributed by atoms with van der Waals surface area (Å²) in [6.45, 7) is 0. The highest BCUT2D eigenvalue weighted by molar-refractivity contribution is 7.98. The van der Waals surface area contributed by atoms with Crippen molar-refractivity contribution in [3.63, 3.8) is 0 Å². The van der Waals surface area contributed by atoms with Crippen LogP contribution in [-0.4, -0.2) is 19.9 Å². The van der Waals surface area contributed by atoms with Gasteiger partial charge in [-0.05, 0) is 17.7 Å². The SMILES string of the molecule is Clc1nccc(CSc2ncc[nH]2)n1. The number of H-pyrrole nitrogens is 1. The Labute approximate surface area is 90.1 Å². The Morgan fingerprint density at radius 3 is 3.00 bits per heavy atom. The maximum absolute atomic E-state index is 5.65. The van der Waals surface area contributed by atoms with Gasteiger partial charge in [-0.1, -0.05) is 11.8 Å². The normalized spacial score (nSPS) is 10.4. The molecule has 1 N–H and O–H groups in total. The van der Waals surface area contributed by atoms with Crippen LogP contribution in [0.15, 0.2) is 29.8 Å². The number of halogens is 1. The minimum absolute atomic E-state index is 0.280. The molecule has 0 aliphatic heterocycles. The highest BCUT2D eigenvalue weighted by atomic mass is 35.5. The Morgan fingerprint density at radius 1 is 1.36 bits per heavy atom. The van der Waals surface area contributed by atoms with E-state index >= 15 is 0 Å². The fourth-order valence-corrected chi connectivity index (χ4v) is 1.82. The molecule has 0 saturated heterocycles. The number of aromatic nitrogens is 4. The first kappa shape index (κ1) is 9.48. The van der Waals surface area contributed by atoms with Crippen LogP contribution in [0.25, 0.3) is 0 Å². The third-order valence-electron chi connectivity index (χ3n) is 1.51. The summed E-state index contributed by atoms with van der Waals surface area (Å²) in [4.78, 5) is 15.0. The zero-order valence-electron chi connectivity index (χ0n) is 7.14. The van der Waals surface area contributed by atoms with Crippen LogP contribution in [0.5, 0.6) is 0 Å². The van der Waals surface area contributed by atoms with Gasteiger partial charge in [0, 0.05) is 24.3 Å². The highest BCUT2D eigenvalue weighted by Crippen LogP contribution is 2.17. The molecule has 2 rings (SSSR count). The van der Waals surface area contributed by atoms with Gasteiger partial charge < -0.3 is 4.98 Å². The predicted octanol–water partition coefficient (Wildman–Crippen LogP) is 2.15. The van der Waals surface area contributed by atoms with Gasteiger partial charge in [-0.2, -0.15) is 0 Å². The molecule has 0 aliphatic carbocycles. The maximum Gasteiger partial charge on any atom is 0.222 e. The first-order valence-corrected chi connectivity index (χ1v) is 5.30. The third-order valence-corrected chi connectivity index (χ3v) is 2.63. The predicted molar refractivity (Wildman–Crippen MR) is 55.2 cm³/mol. The van der Waals surface area contributed by atoms with E-state index in [-0.39, 0.29) is 5.28 Å². The van der Waals surface area contributed by atoms with E-state index in [9.17, 15) is 0 Å². The van der Waals surface area contributed by atoms with E-state index in [2.05, 4.69) is 19.9 Å². The Bertz CT molecular complexity index is 403. The molecular formula is C8H7ClN4S. The van der Waals surface area contributed by atoms with Gasteiger partial charge in [-0.3, -0.25) is 0 Å². The van der Waals surface area contributed by atoms with Gasteiger partial charge >= 0.3 is 0 Å². The van der Waals surface area contributed by atoms with E-state index in [0.29, 0.717) is 0 Å². The molecule has 72 valence electrons. The zero-order chi connectivity index (χ0) is 9.80. The maximum atomic E-state index is 5.65. The van der Waals surface area contributed by atoms with Crippen molar-refractivity contribution in [2.75, 3.05) is 0 Å². The Morgan fingerprint density at radius 2 is 2.29 bits per heavy atom. The van der Waals surface area contributed by atoms with E-state index in [1.54, 1.807) is 30.4 Å². The van der Waals surface area contributed by atoms with Crippen molar-refractivity contribution in [1.82, 2.24) is 19.9 Å². The summed E-state index contributed by atoms with van der Waals surface area (Å²) in [7, 11) is 0. The quantitative estimate of drug-likeness (QED) is 0.644. The van der Waals surface area contributed by atoms with E-state index in [0.717, 1.165) is 16.6 Å². The molecule has 0 atom stereocenters. The summed E-state index contributed by atoms with van der Waals surface area (Å²) in [5, 5.41) is 1.15. The molecule has 0 spiro atoms. The van der Waals surface area contributed by atoms with Crippen LogP contribution in [0.3, 0.4) is 0 Å². The molecule has 0 fully saturated rings. The number of hydrogen-bond donors (Lipinski definition) is 1. The second-order valence-corrected chi connectivity index (χ2v) is 3.80. The lowest BCUT2D eigenvalue weighted by Crippen LogP contribution is -1.89. The topological polar surface area (TPSA) is 54.5 Å². The Kier molecular flexibility index (Phi) is 3.00. The minimum Gasteiger partial charge on any atom is -0.340 e. The standard InChI is InChI=1S/C8H7ClN4S/c9-7-10-2-1-6(13-7)5-14-8-11-3-4-12-8/h1-4H,5H2,(H,11,12). The molecule has 0 saturated carbocycles. The number of nitrogens with one attached hydrogen (secondary N) is 1. The summed E-state index contributed by atoms with van der Waals surface area (Å²) in [5.41, 5.74) is 0.895. The van der Waals surface area contributed by atoms with Gasteiger partial charge in [-0.25, -0.2) is 15.0 Å². The van der Waals surface area contributed by atoms with Crippen molar-refractivity contribution in [2.24, 2.45) is 0 Å². The monoisotopic (exact) mass is 226 g/mol. The number of rotatable bonds is 3. The van der Waals surface area contributed by atoms with Crippen LogP contribution in [-0.2, 0) is 5.75 Å². The van der Waals surface area contributed by atoms with Gasteiger partial charge in [0.2, 0.25) is 5.28 Å². The van der Waals surface area contributed by atoms with Gasteiger partial charge in [0.05, 0.1) is 5.69 Å². The molecule has 0 radical (unpaired) electrons. The average Bonchev–Trinajstić information content (AvgIpc) is 2.67. The average molecular weight is 227 g/mol. The molecule has 14 heavy (non-hydrogen) atoms. The lowest BCUT2D eigenvalue weighted by molar-refractivity contribution is 1.04. The van der Waals surface area contributed by atoms with Gasteiger partial charge in [0.1, 0.15) is 0 Å². The molecule has 2 aromatic heterocycles. The highest BCUT2D eigenvalue weighted by Gasteiger charge is 1.99. The lowest BCUT2D eigenvalue weighted by atomic mass is 10.5. The van der Waals surface area contributed by atoms with Crippen molar-refractivity contribution < 1.29 is 0 Å². The number of thioether (sulfide) groups is 1. The molecule has 0 aliphatic rings. The molecule has 0 bridgehead atoms. The summed E-state index contributed by atoms with van der Waals surface area (Å²) in [6, 6.07) is 1.84. The van der Waals surface area contributed by atoms with Crippen molar-refractivity contribution in [3.8, 4) is 0 Å². The number of aromatic amines is 1. The Balaban J connectivity index is 1.98. The molecular weight excluding hydrogens is 220 g/mol. The van der Waals surface area contributed by atoms with E-state index < -0.39 is 0 Å². The molecule has 6 heteroatoms. The molecule has 4 nitrogen and oxygen atoms in total. The van der Waals surface area contributed by atoms with E-state index in [1.165, 1.54) is 0 Å². The fraction of sp³-hybridized carbons (Fsp3) is 0.125. The van der Waals surface area contributed by atoms with Crippen LogP contribution in [0.2, 0.25) is 5.28 Å². The molecule has 0 aromatic carbocycles. The number of imidazole rings is 1. The minimum atomic E-state index is 0.280. The van der Waals surface area contributed by atoms with Crippen molar-refractivity contribution in [2.45, 2.75) is 10.9 Å². The number of hydrogen-bond acceptors (Lipinski definition) is 4. The first-order valence-electron chi connectivity index (χ1n) is 3.94. The van der Waals surface area contributed by atoms with Crippen molar-refractivity contribution >= 4 is 23.4 Å². The first-order chi connectivity index (χ1) is 6.84. The van der Waals surface area contributed by atoms with Crippen molar-refractivity contribution in [1.29, 1.82) is 0 Å². The molecule has 0 amide bonds. The lowest BCUT2D eigenvalue weighted by Gasteiger charge is -1.97. The van der Waals surface area contributed by atoms with E-state index in [1.807, 2.05) is 6.07 Å². The van der Waals surface area contributed by atoms with E-state index in [4.69, 9.17) is 11.6 Å². The Hall–Kier alpha value is -1.07.